The lowest BCUT2D eigenvalue weighted by molar-refractivity contribution is 0.947. The van der Waals surface area contributed by atoms with Crippen LogP contribution in [-0.2, 0) is 7.05 Å². The lowest BCUT2D eigenvalue weighted by Crippen LogP contribution is -2.14. The second-order valence-electron chi connectivity index (χ2n) is 4.03. The van der Waals surface area contributed by atoms with E-state index in [2.05, 4.69) is 15.3 Å². The van der Waals surface area contributed by atoms with E-state index in [1.165, 1.54) is 0 Å². The predicted molar refractivity (Wildman–Crippen MR) is 58.5 cm³/mol. The van der Waals surface area contributed by atoms with Crippen LogP contribution in [0.2, 0.25) is 0 Å². The number of anilines is 1. The normalized spacial score (nSPS) is 24.4. The predicted octanol–water partition coefficient (Wildman–Crippen LogP) is 0.480. The summed E-state index contributed by atoms with van der Waals surface area (Å²) in [5.41, 5.74) is 7.75. The van der Waals surface area contributed by atoms with Crippen LogP contribution >= 0.6 is 0 Å². The first-order chi connectivity index (χ1) is 7.25. The van der Waals surface area contributed by atoms with Gasteiger partial charge in [-0.1, -0.05) is 0 Å². The Balaban J connectivity index is 2.02. The van der Waals surface area contributed by atoms with E-state index >= 15 is 0 Å². The van der Waals surface area contributed by atoms with Crippen LogP contribution in [0, 0.1) is 0 Å². The van der Waals surface area contributed by atoms with Gasteiger partial charge >= 0.3 is 0 Å². The van der Waals surface area contributed by atoms with Crippen LogP contribution in [0.4, 0.5) is 5.82 Å². The number of nitrogens with two attached hydrogens (primary N) is 1. The SMILES string of the molecule is Cn1cnc2c(NC3CC3N)nccc21. The van der Waals surface area contributed by atoms with Crippen LogP contribution in [0.15, 0.2) is 18.6 Å². The zero-order valence-electron chi connectivity index (χ0n) is 8.51. The van der Waals surface area contributed by atoms with Crippen LogP contribution in [0.1, 0.15) is 6.42 Å². The average molecular weight is 203 g/mol. The molecule has 1 saturated carbocycles. The van der Waals surface area contributed by atoms with Crippen molar-refractivity contribution in [1.82, 2.24) is 14.5 Å². The van der Waals surface area contributed by atoms with Crippen molar-refractivity contribution in [3.8, 4) is 0 Å². The molecule has 2 atom stereocenters. The highest BCUT2D eigenvalue weighted by Crippen LogP contribution is 2.26. The van der Waals surface area contributed by atoms with Gasteiger partial charge in [-0.15, -0.1) is 0 Å². The van der Waals surface area contributed by atoms with Crippen molar-refractivity contribution in [3.05, 3.63) is 18.6 Å². The molecule has 0 saturated heterocycles. The molecule has 2 unspecified atom stereocenters. The fourth-order valence-electron chi connectivity index (χ4n) is 1.72. The minimum atomic E-state index is 0.269. The smallest absolute Gasteiger partial charge is 0.154 e. The summed E-state index contributed by atoms with van der Waals surface area (Å²) in [6.07, 6.45) is 4.61. The molecule has 0 radical (unpaired) electrons. The van der Waals surface area contributed by atoms with Gasteiger partial charge in [0, 0.05) is 25.3 Å². The highest BCUT2D eigenvalue weighted by molar-refractivity contribution is 5.86. The number of aromatic nitrogens is 3. The van der Waals surface area contributed by atoms with Crippen molar-refractivity contribution < 1.29 is 0 Å². The maximum atomic E-state index is 5.75. The highest BCUT2D eigenvalue weighted by atomic mass is 15.1. The molecule has 5 nitrogen and oxygen atoms in total. The highest BCUT2D eigenvalue weighted by Gasteiger charge is 2.34. The van der Waals surface area contributed by atoms with Gasteiger partial charge in [0.05, 0.1) is 11.8 Å². The number of nitrogens with one attached hydrogen (secondary N) is 1. The molecule has 1 aliphatic rings. The molecule has 0 aliphatic heterocycles. The van der Waals surface area contributed by atoms with Crippen molar-refractivity contribution in [2.75, 3.05) is 5.32 Å². The molecule has 2 aromatic rings. The molecule has 0 bridgehead atoms. The first kappa shape index (κ1) is 8.67. The van der Waals surface area contributed by atoms with E-state index in [4.69, 9.17) is 5.73 Å². The Labute approximate surface area is 87.3 Å². The summed E-state index contributed by atoms with van der Waals surface area (Å²) >= 11 is 0. The summed E-state index contributed by atoms with van der Waals surface area (Å²) in [5.74, 6) is 0.839. The number of nitrogens with zero attached hydrogens (tertiary/aromatic N) is 3. The minimum absolute atomic E-state index is 0.269. The third kappa shape index (κ3) is 1.35. The van der Waals surface area contributed by atoms with Gasteiger partial charge in [-0.2, -0.15) is 0 Å². The molecular formula is C10H13N5. The Bertz CT molecular complexity index is 503. The summed E-state index contributed by atoms with van der Waals surface area (Å²) in [6.45, 7) is 0. The fraction of sp³-hybridized carbons (Fsp3) is 0.400. The van der Waals surface area contributed by atoms with Crippen molar-refractivity contribution in [2.45, 2.75) is 18.5 Å². The molecule has 3 N–H and O–H groups in total. The second kappa shape index (κ2) is 2.93. The fourth-order valence-corrected chi connectivity index (χ4v) is 1.72. The molecule has 15 heavy (non-hydrogen) atoms. The molecule has 0 spiro atoms. The number of fused-ring (bicyclic) bond motifs is 1. The van der Waals surface area contributed by atoms with Crippen molar-refractivity contribution in [1.29, 1.82) is 0 Å². The zero-order valence-corrected chi connectivity index (χ0v) is 8.51. The molecule has 5 heteroatoms. The van der Waals surface area contributed by atoms with E-state index in [9.17, 15) is 0 Å². The Morgan fingerprint density at radius 2 is 2.33 bits per heavy atom. The third-order valence-electron chi connectivity index (χ3n) is 2.80. The molecule has 0 aromatic carbocycles. The summed E-state index contributed by atoms with van der Waals surface area (Å²) in [4.78, 5) is 8.61. The monoisotopic (exact) mass is 203 g/mol. The van der Waals surface area contributed by atoms with E-state index in [1.807, 2.05) is 17.7 Å². The largest absolute Gasteiger partial charge is 0.364 e. The van der Waals surface area contributed by atoms with Crippen molar-refractivity contribution in [3.63, 3.8) is 0 Å². The number of aryl methyl sites for hydroxylation is 1. The molecule has 3 rings (SSSR count). The molecule has 2 heterocycles. The van der Waals surface area contributed by atoms with Gasteiger partial charge in [0.2, 0.25) is 0 Å². The topological polar surface area (TPSA) is 68.8 Å². The van der Waals surface area contributed by atoms with Gasteiger partial charge < -0.3 is 15.6 Å². The van der Waals surface area contributed by atoms with Gasteiger partial charge in [-0.25, -0.2) is 9.97 Å². The molecule has 2 aromatic heterocycles. The average Bonchev–Trinajstić information content (AvgIpc) is 2.77. The standard InChI is InChI=1S/C10H13N5/c1-15-5-13-9-8(15)2-3-12-10(9)14-7-4-6(7)11/h2-3,5-7H,4,11H2,1H3,(H,12,14). The van der Waals surface area contributed by atoms with Crippen LogP contribution in [0.3, 0.4) is 0 Å². The Hall–Kier alpha value is -1.62. The third-order valence-corrected chi connectivity index (χ3v) is 2.80. The lowest BCUT2D eigenvalue weighted by Gasteiger charge is -2.04. The van der Waals surface area contributed by atoms with Gasteiger partial charge in [0.1, 0.15) is 5.52 Å². The number of imidazole rings is 1. The molecular weight excluding hydrogens is 190 g/mol. The second-order valence-corrected chi connectivity index (χ2v) is 4.03. The van der Waals surface area contributed by atoms with Crippen molar-refractivity contribution >= 4 is 16.9 Å². The number of pyridine rings is 1. The van der Waals surface area contributed by atoms with Crippen LogP contribution in [-0.4, -0.2) is 26.6 Å². The van der Waals surface area contributed by atoms with Crippen LogP contribution in [0.5, 0.6) is 0 Å². The summed E-state index contributed by atoms with van der Waals surface area (Å²) in [5, 5.41) is 3.31. The molecule has 78 valence electrons. The van der Waals surface area contributed by atoms with E-state index < -0.39 is 0 Å². The van der Waals surface area contributed by atoms with Gasteiger partial charge in [-0.05, 0) is 12.5 Å². The van der Waals surface area contributed by atoms with E-state index in [0.29, 0.717) is 6.04 Å². The maximum absolute atomic E-state index is 5.75. The molecule has 0 amide bonds. The van der Waals surface area contributed by atoms with Crippen molar-refractivity contribution in [2.24, 2.45) is 12.8 Å². The van der Waals surface area contributed by atoms with E-state index in [-0.39, 0.29) is 6.04 Å². The molecule has 1 aliphatic carbocycles. The Morgan fingerprint density at radius 3 is 3.07 bits per heavy atom. The number of hydrogen-bond donors (Lipinski definition) is 2. The minimum Gasteiger partial charge on any atom is -0.364 e. The maximum Gasteiger partial charge on any atom is 0.154 e. The van der Waals surface area contributed by atoms with Crippen LogP contribution in [0.25, 0.3) is 11.0 Å². The van der Waals surface area contributed by atoms with Gasteiger partial charge in [0.15, 0.2) is 5.82 Å². The Kier molecular flexibility index (Phi) is 1.70. The van der Waals surface area contributed by atoms with Gasteiger partial charge in [0.25, 0.3) is 0 Å². The lowest BCUT2D eigenvalue weighted by atomic mass is 10.3. The number of hydrogen-bond acceptors (Lipinski definition) is 4. The first-order valence-corrected chi connectivity index (χ1v) is 5.04. The summed E-state index contributed by atoms with van der Waals surface area (Å²) in [6, 6.07) is 2.59. The van der Waals surface area contributed by atoms with E-state index in [0.717, 1.165) is 23.3 Å². The van der Waals surface area contributed by atoms with Crippen LogP contribution < -0.4 is 11.1 Å². The van der Waals surface area contributed by atoms with E-state index in [1.54, 1.807) is 12.5 Å². The zero-order chi connectivity index (χ0) is 10.4. The molecule has 1 fully saturated rings. The quantitative estimate of drug-likeness (QED) is 0.745. The van der Waals surface area contributed by atoms with Gasteiger partial charge in [-0.3, -0.25) is 0 Å². The summed E-state index contributed by atoms with van der Waals surface area (Å²) < 4.78 is 1.98. The number of rotatable bonds is 2. The summed E-state index contributed by atoms with van der Waals surface area (Å²) in [7, 11) is 1.97. The first-order valence-electron chi connectivity index (χ1n) is 5.04. The Morgan fingerprint density at radius 1 is 1.53 bits per heavy atom.